The van der Waals surface area contributed by atoms with E-state index >= 15 is 0 Å². The molecule has 0 bridgehead atoms. The van der Waals surface area contributed by atoms with Crippen LogP contribution in [0, 0.1) is 19.8 Å². The number of methoxy groups -OCH3 is 1. The first-order valence-electron chi connectivity index (χ1n) is 13.7. The van der Waals surface area contributed by atoms with Crippen LogP contribution >= 0.6 is 0 Å². The Bertz CT molecular complexity index is 1100. The fraction of sp³-hybridized carbons (Fsp3) is 0.621. The second-order valence-corrected chi connectivity index (χ2v) is 11.1. The Balaban J connectivity index is 1.49. The number of carbonyl (C=O) groups excluding carboxylic acids is 2. The lowest BCUT2D eigenvalue weighted by molar-refractivity contribution is -0.161. The number of hydrogen-bond acceptors (Lipinski definition) is 5. The summed E-state index contributed by atoms with van der Waals surface area (Å²) >= 11 is 0. The van der Waals surface area contributed by atoms with Crippen molar-refractivity contribution in [1.29, 1.82) is 0 Å². The van der Waals surface area contributed by atoms with E-state index < -0.39 is 11.6 Å². The number of aryl methyl sites for hydroxylation is 1. The summed E-state index contributed by atoms with van der Waals surface area (Å²) < 4.78 is 7.28. The standard InChI is InChI=1S/C29H43N5O3/c1-7-8-15-33-27(35)26(18-20(2)3)30-28(36)29(33)13-16-32(17-14-29)19-25-21(4)31-34(22(25)5)23-9-11-24(37-6)12-10-23/h9-12,20,26H,7-8,13-19H2,1-6H3,(H,30,36)/t26-/m0/s1. The third-order valence-corrected chi connectivity index (χ3v) is 8.07. The number of aromatic nitrogens is 2. The first-order chi connectivity index (χ1) is 17.7. The van der Waals surface area contributed by atoms with Gasteiger partial charge in [-0.2, -0.15) is 5.10 Å². The van der Waals surface area contributed by atoms with Crippen LogP contribution in [0.3, 0.4) is 0 Å². The summed E-state index contributed by atoms with van der Waals surface area (Å²) in [5, 5.41) is 7.92. The molecule has 1 atom stereocenters. The van der Waals surface area contributed by atoms with E-state index in [1.54, 1.807) is 7.11 Å². The monoisotopic (exact) mass is 509 g/mol. The highest BCUT2D eigenvalue weighted by Gasteiger charge is 2.53. The predicted molar refractivity (Wildman–Crippen MR) is 145 cm³/mol. The van der Waals surface area contributed by atoms with Gasteiger partial charge in [0.2, 0.25) is 11.8 Å². The Morgan fingerprint density at radius 1 is 1.14 bits per heavy atom. The minimum Gasteiger partial charge on any atom is -0.497 e. The van der Waals surface area contributed by atoms with Gasteiger partial charge in [-0.25, -0.2) is 4.68 Å². The number of nitrogens with one attached hydrogen (secondary N) is 1. The average Bonchev–Trinajstić information content (AvgIpc) is 3.16. The van der Waals surface area contributed by atoms with E-state index in [1.165, 1.54) is 5.56 Å². The third kappa shape index (κ3) is 5.40. The normalized spacial score (nSPS) is 20.1. The smallest absolute Gasteiger partial charge is 0.246 e. The minimum absolute atomic E-state index is 0.0354. The summed E-state index contributed by atoms with van der Waals surface area (Å²) in [5.41, 5.74) is 3.63. The van der Waals surface area contributed by atoms with Crippen LogP contribution in [0.15, 0.2) is 24.3 Å². The van der Waals surface area contributed by atoms with E-state index in [2.05, 4.69) is 44.8 Å². The lowest BCUT2D eigenvalue weighted by atomic mass is 9.80. The molecule has 0 unspecified atom stereocenters. The van der Waals surface area contributed by atoms with Gasteiger partial charge in [0.15, 0.2) is 0 Å². The van der Waals surface area contributed by atoms with E-state index in [0.717, 1.165) is 55.3 Å². The molecule has 0 aliphatic carbocycles. The van der Waals surface area contributed by atoms with E-state index in [0.29, 0.717) is 31.7 Å². The molecule has 1 aromatic carbocycles. The molecule has 202 valence electrons. The highest BCUT2D eigenvalue weighted by molar-refractivity contribution is 6.00. The number of rotatable bonds is 9. The van der Waals surface area contributed by atoms with Gasteiger partial charge in [-0.1, -0.05) is 27.2 Å². The molecule has 2 aromatic rings. The van der Waals surface area contributed by atoms with Gasteiger partial charge in [0.05, 0.1) is 18.5 Å². The quantitative estimate of drug-likeness (QED) is 0.553. The molecule has 2 aliphatic heterocycles. The SMILES string of the molecule is CCCCN1C(=O)[C@H](CC(C)C)NC(=O)C12CCN(Cc1c(C)nn(-c3ccc(OC)cc3)c1C)CC2. The number of piperidine rings is 1. The number of hydrogen-bond donors (Lipinski definition) is 1. The zero-order valence-corrected chi connectivity index (χ0v) is 23.3. The van der Waals surface area contributed by atoms with Crippen LogP contribution in [0.1, 0.15) is 69.8 Å². The molecule has 2 saturated heterocycles. The molecule has 8 nitrogen and oxygen atoms in total. The maximum atomic E-state index is 13.5. The Morgan fingerprint density at radius 2 is 1.81 bits per heavy atom. The number of piperazine rings is 1. The first kappa shape index (κ1) is 27.2. The van der Waals surface area contributed by atoms with Crippen LogP contribution in [0.2, 0.25) is 0 Å². The molecular weight excluding hydrogens is 466 g/mol. The second kappa shape index (κ2) is 11.3. The van der Waals surface area contributed by atoms with Crippen molar-refractivity contribution in [3.8, 4) is 11.4 Å². The molecule has 2 amide bonds. The molecule has 1 N–H and O–H groups in total. The minimum atomic E-state index is -0.729. The molecule has 0 radical (unpaired) electrons. The van der Waals surface area contributed by atoms with Crippen LogP contribution in [0.5, 0.6) is 5.75 Å². The second-order valence-electron chi connectivity index (χ2n) is 11.1. The van der Waals surface area contributed by atoms with Crippen molar-refractivity contribution in [2.75, 3.05) is 26.7 Å². The molecule has 1 spiro atoms. The lowest BCUT2D eigenvalue weighted by Crippen LogP contribution is -2.73. The van der Waals surface area contributed by atoms with Gasteiger partial charge in [-0.05, 0) is 69.7 Å². The molecule has 3 heterocycles. The average molecular weight is 510 g/mol. The Hall–Kier alpha value is -2.87. The van der Waals surface area contributed by atoms with Gasteiger partial charge in [-0.15, -0.1) is 0 Å². The van der Waals surface area contributed by atoms with Crippen molar-refractivity contribution >= 4 is 11.8 Å². The van der Waals surface area contributed by atoms with E-state index in [4.69, 9.17) is 9.84 Å². The van der Waals surface area contributed by atoms with Crippen molar-refractivity contribution in [2.45, 2.75) is 84.8 Å². The largest absolute Gasteiger partial charge is 0.497 e. The molecular formula is C29H43N5O3. The fourth-order valence-corrected chi connectivity index (χ4v) is 5.83. The van der Waals surface area contributed by atoms with Crippen LogP contribution < -0.4 is 10.1 Å². The van der Waals surface area contributed by atoms with Gasteiger partial charge in [0.1, 0.15) is 17.3 Å². The first-order valence-corrected chi connectivity index (χ1v) is 13.7. The molecule has 8 heteroatoms. The number of unbranched alkanes of at least 4 members (excludes halogenated alkanes) is 1. The maximum absolute atomic E-state index is 13.5. The fourth-order valence-electron chi connectivity index (χ4n) is 5.83. The molecule has 2 aliphatic rings. The molecule has 2 fully saturated rings. The van der Waals surface area contributed by atoms with Gasteiger partial charge >= 0.3 is 0 Å². The topological polar surface area (TPSA) is 79.7 Å². The summed E-state index contributed by atoms with van der Waals surface area (Å²) in [6.07, 6.45) is 3.92. The lowest BCUT2D eigenvalue weighted by Gasteiger charge is -2.52. The van der Waals surface area contributed by atoms with Crippen molar-refractivity contribution < 1.29 is 14.3 Å². The molecule has 4 rings (SSSR count). The maximum Gasteiger partial charge on any atom is 0.246 e. The highest BCUT2D eigenvalue weighted by atomic mass is 16.5. The van der Waals surface area contributed by atoms with Crippen molar-refractivity contribution in [3.05, 3.63) is 41.2 Å². The summed E-state index contributed by atoms with van der Waals surface area (Å²) in [6.45, 7) is 13.5. The number of benzene rings is 1. The van der Waals surface area contributed by atoms with E-state index in [1.807, 2.05) is 33.8 Å². The number of likely N-dealkylation sites (tertiary alicyclic amines) is 1. The highest BCUT2D eigenvalue weighted by Crippen LogP contribution is 2.35. The van der Waals surface area contributed by atoms with E-state index in [-0.39, 0.29) is 11.8 Å². The van der Waals surface area contributed by atoms with Crippen LogP contribution in [0.25, 0.3) is 5.69 Å². The van der Waals surface area contributed by atoms with Crippen molar-refractivity contribution in [1.82, 2.24) is 24.9 Å². The van der Waals surface area contributed by atoms with Crippen LogP contribution in [-0.2, 0) is 16.1 Å². The molecule has 37 heavy (non-hydrogen) atoms. The van der Waals surface area contributed by atoms with Crippen molar-refractivity contribution in [2.24, 2.45) is 5.92 Å². The number of amides is 2. The Labute approximate surface area is 221 Å². The Kier molecular flexibility index (Phi) is 8.26. The number of nitrogens with zero attached hydrogens (tertiary/aromatic N) is 4. The van der Waals surface area contributed by atoms with Crippen LogP contribution in [-0.4, -0.2) is 69.7 Å². The number of carbonyl (C=O) groups is 2. The summed E-state index contributed by atoms with van der Waals surface area (Å²) in [6, 6.07) is 7.53. The van der Waals surface area contributed by atoms with E-state index in [9.17, 15) is 9.59 Å². The third-order valence-electron chi connectivity index (χ3n) is 8.07. The summed E-state index contributed by atoms with van der Waals surface area (Å²) in [4.78, 5) is 31.4. The van der Waals surface area contributed by atoms with Gasteiger partial charge in [0, 0.05) is 37.4 Å². The van der Waals surface area contributed by atoms with Gasteiger partial charge < -0.3 is 15.0 Å². The van der Waals surface area contributed by atoms with Gasteiger partial charge in [0.25, 0.3) is 0 Å². The van der Waals surface area contributed by atoms with Gasteiger partial charge in [-0.3, -0.25) is 14.5 Å². The Morgan fingerprint density at radius 3 is 2.41 bits per heavy atom. The predicted octanol–water partition coefficient (Wildman–Crippen LogP) is 4.01. The van der Waals surface area contributed by atoms with Crippen LogP contribution in [0.4, 0.5) is 0 Å². The molecule has 1 aromatic heterocycles. The summed E-state index contributed by atoms with van der Waals surface area (Å²) in [5.74, 6) is 1.31. The zero-order chi connectivity index (χ0) is 26.7. The number of ether oxygens (including phenoxy) is 1. The summed E-state index contributed by atoms with van der Waals surface area (Å²) in [7, 11) is 1.67. The zero-order valence-electron chi connectivity index (χ0n) is 23.3. The molecule has 0 saturated carbocycles. The van der Waals surface area contributed by atoms with Crippen molar-refractivity contribution in [3.63, 3.8) is 0 Å².